The van der Waals surface area contributed by atoms with Crippen LogP contribution in [0.3, 0.4) is 0 Å². The Labute approximate surface area is 208 Å². The Kier molecular flexibility index (Phi) is 10.7. The molecule has 1 saturated carbocycles. The van der Waals surface area contributed by atoms with Gasteiger partial charge in [0.1, 0.15) is 0 Å². The van der Waals surface area contributed by atoms with Crippen LogP contribution in [-0.2, 0) is 0 Å². The van der Waals surface area contributed by atoms with Crippen molar-refractivity contribution in [3.05, 3.63) is 82.0 Å². The van der Waals surface area contributed by atoms with Gasteiger partial charge in [-0.25, -0.2) is 0 Å². The van der Waals surface area contributed by atoms with Gasteiger partial charge in [-0.05, 0) is 112 Å². The Bertz CT molecular complexity index is 1030. The maximum atomic E-state index is 9.41. The minimum absolute atomic E-state index is 0.205. The first-order chi connectivity index (χ1) is 16.2. The molecule has 0 aromatic heterocycles. The van der Waals surface area contributed by atoms with Gasteiger partial charge in [-0.3, -0.25) is 4.99 Å². The Morgan fingerprint density at radius 2 is 1.97 bits per heavy atom. The highest BCUT2D eigenvalue weighted by Crippen LogP contribution is 2.44. The van der Waals surface area contributed by atoms with Crippen molar-refractivity contribution in [2.45, 2.75) is 72.6 Å². The molecule has 3 nitrogen and oxygen atoms in total. The minimum Gasteiger partial charge on any atom is -0.316 e. The molecule has 1 fully saturated rings. The average Bonchev–Trinajstić information content (AvgIpc) is 3.66. The highest BCUT2D eigenvalue weighted by molar-refractivity contribution is 6.03. The second-order valence-electron chi connectivity index (χ2n) is 9.74. The molecule has 0 saturated heterocycles. The first-order valence-electron chi connectivity index (χ1n) is 12.7. The lowest BCUT2D eigenvalue weighted by Crippen LogP contribution is -2.16. The first-order valence-corrected chi connectivity index (χ1v) is 12.7. The van der Waals surface area contributed by atoms with Crippen molar-refractivity contribution >= 4 is 5.71 Å². The fourth-order valence-electron chi connectivity index (χ4n) is 4.45. The van der Waals surface area contributed by atoms with Crippen molar-refractivity contribution in [3.63, 3.8) is 0 Å². The lowest BCUT2D eigenvalue weighted by molar-refractivity contribution is 0.665. The summed E-state index contributed by atoms with van der Waals surface area (Å²) in [5, 5.41) is 12.9. The molecule has 1 aliphatic rings. The summed E-state index contributed by atoms with van der Waals surface area (Å²) in [6.07, 6.45) is 7.77. The van der Waals surface area contributed by atoms with Gasteiger partial charge in [-0.15, -0.1) is 0 Å². The van der Waals surface area contributed by atoms with Gasteiger partial charge in [0, 0.05) is 18.3 Å². The predicted molar refractivity (Wildman–Crippen MR) is 148 cm³/mol. The second-order valence-corrected chi connectivity index (χ2v) is 9.74. The highest BCUT2D eigenvalue weighted by Gasteiger charge is 2.31. The average molecular weight is 458 g/mol. The molecule has 1 atom stereocenters. The number of aryl methyl sites for hydroxylation is 1. The van der Waals surface area contributed by atoms with Gasteiger partial charge in [-0.1, -0.05) is 50.3 Å². The number of rotatable bonds is 13. The lowest BCUT2D eigenvalue weighted by Gasteiger charge is -2.22. The standard InChI is InChI=1S/C31H43N3/c1-9-15-34-16-14-22(4)17-28(21(2)3)31(25(7)33-8)30(27-12-13-27)18-24(6)29-19-26(20-32)11-10-23(29)5/h10-11,18-19,24,27,34H,2,4,9,12-17H2,1,3,5-8H3/b30-18-,31-28+,33-25-. The molecule has 2 rings (SSSR count). The van der Waals surface area contributed by atoms with Crippen molar-refractivity contribution in [3.8, 4) is 6.07 Å². The Morgan fingerprint density at radius 3 is 2.53 bits per heavy atom. The summed E-state index contributed by atoms with van der Waals surface area (Å²) in [6, 6.07) is 8.28. The largest absolute Gasteiger partial charge is 0.316 e. The van der Waals surface area contributed by atoms with Crippen LogP contribution in [0.15, 0.2) is 70.3 Å². The third kappa shape index (κ3) is 7.67. The summed E-state index contributed by atoms with van der Waals surface area (Å²) in [6.45, 7) is 21.5. The molecule has 182 valence electrons. The molecular formula is C31H43N3. The summed E-state index contributed by atoms with van der Waals surface area (Å²) in [7, 11) is 1.88. The second kappa shape index (κ2) is 13.3. The van der Waals surface area contributed by atoms with Crippen LogP contribution in [0.25, 0.3) is 0 Å². The van der Waals surface area contributed by atoms with Gasteiger partial charge in [0.2, 0.25) is 0 Å². The van der Waals surface area contributed by atoms with Gasteiger partial charge in [0.25, 0.3) is 0 Å². The highest BCUT2D eigenvalue weighted by atomic mass is 14.8. The van der Waals surface area contributed by atoms with Gasteiger partial charge in [0.15, 0.2) is 0 Å². The Balaban J connectivity index is 2.51. The monoisotopic (exact) mass is 457 g/mol. The van der Waals surface area contributed by atoms with Crippen molar-refractivity contribution in [1.82, 2.24) is 5.32 Å². The molecule has 1 aromatic carbocycles. The number of nitrogens with zero attached hydrogens (tertiary/aromatic N) is 2. The fourth-order valence-corrected chi connectivity index (χ4v) is 4.45. The summed E-state index contributed by atoms with van der Waals surface area (Å²) in [5.74, 6) is 0.763. The number of allylic oxidation sites excluding steroid dienone is 5. The maximum Gasteiger partial charge on any atom is 0.0991 e. The van der Waals surface area contributed by atoms with Gasteiger partial charge in [-0.2, -0.15) is 5.26 Å². The van der Waals surface area contributed by atoms with Crippen molar-refractivity contribution in [2.24, 2.45) is 10.9 Å². The van der Waals surface area contributed by atoms with E-state index < -0.39 is 0 Å². The van der Waals surface area contributed by atoms with Gasteiger partial charge < -0.3 is 5.32 Å². The molecule has 0 bridgehead atoms. The quantitative estimate of drug-likeness (QED) is 0.143. The number of benzene rings is 1. The van der Waals surface area contributed by atoms with Gasteiger partial charge >= 0.3 is 0 Å². The van der Waals surface area contributed by atoms with Crippen LogP contribution < -0.4 is 5.32 Å². The van der Waals surface area contributed by atoms with Crippen LogP contribution in [0.5, 0.6) is 0 Å². The lowest BCUT2D eigenvalue weighted by atomic mass is 9.83. The molecule has 0 amide bonds. The van der Waals surface area contributed by atoms with E-state index in [1.54, 1.807) is 0 Å². The zero-order valence-corrected chi connectivity index (χ0v) is 22.2. The molecule has 0 spiro atoms. The van der Waals surface area contributed by atoms with E-state index in [9.17, 15) is 5.26 Å². The van der Waals surface area contributed by atoms with E-state index >= 15 is 0 Å². The smallest absolute Gasteiger partial charge is 0.0991 e. The maximum absolute atomic E-state index is 9.41. The van der Waals surface area contributed by atoms with Gasteiger partial charge in [0.05, 0.1) is 11.6 Å². The van der Waals surface area contributed by atoms with Crippen LogP contribution in [0.1, 0.15) is 82.4 Å². The molecule has 0 aliphatic heterocycles. The first kappa shape index (κ1) is 27.5. The van der Waals surface area contributed by atoms with E-state index in [1.165, 1.54) is 46.3 Å². The zero-order chi connectivity index (χ0) is 25.3. The SMILES string of the molecule is C=C(CCNCCC)C/C(C(=C)C)=C(C(=C/C(C)c1cc(C#N)ccc1C)\C1CC1)/C(C)=N\C. The minimum atomic E-state index is 0.205. The molecule has 34 heavy (non-hydrogen) atoms. The normalized spacial score (nSPS) is 16.0. The summed E-state index contributed by atoms with van der Waals surface area (Å²) in [5.41, 5.74) is 10.4. The number of nitrogens with one attached hydrogen (secondary N) is 1. The number of aliphatic imine (C=N–C) groups is 1. The molecule has 1 aliphatic carbocycles. The van der Waals surface area contributed by atoms with Crippen molar-refractivity contribution in [1.29, 1.82) is 5.26 Å². The topological polar surface area (TPSA) is 48.2 Å². The summed E-state index contributed by atoms with van der Waals surface area (Å²) >= 11 is 0. The molecule has 1 unspecified atom stereocenters. The predicted octanol–water partition coefficient (Wildman–Crippen LogP) is 7.61. The third-order valence-electron chi connectivity index (χ3n) is 6.66. The van der Waals surface area contributed by atoms with E-state index in [4.69, 9.17) is 0 Å². The molecule has 0 radical (unpaired) electrons. The Morgan fingerprint density at radius 1 is 1.26 bits per heavy atom. The van der Waals surface area contributed by atoms with E-state index in [0.29, 0.717) is 11.5 Å². The van der Waals surface area contributed by atoms with E-state index in [0.717, 1.165) is 43.6 Å². The summed E-state index contributed by atoms with van der Waals surface area (Å²) in [4.78, 5) is 4.63. The number of hydrogen-bond acceptors (Lipinski definition) is 3. The van der Waals surface area contributed by atoms with Crippen LogP contribution >= 0.6 is 0 Å². The van der Waals surface area contributed by atoms with Crippen molar-refractivity contribution in [2.75, 3.05) is 20.1 Å². The molecule has 0 heterocycles. The third-order valence-corrected chi connectivity index (χ3v) is 6.66. The zero-order valence-electron chi connectivity index (χ0n) is 22.2. The molecule has 1 aromatic rings. The molecular weight excluding hydrogens is 414 g/mol. The van der Waals surface area contributed by atoms with Crippen LogP contribution in [-0.4, -0.2) is 25.8 Å². The van der Waals surface area contributed by atoms with E-state index in [1.807, 2.05) is 19.2 Å². The van der Waals surface area contributed by atoms with E-state index in [-0.39, 0.29) is 5.92 Å². The van der Waals surface area contributed by atoms with Crippen LogP contribution in [0.2, 0.25) is 0 Å². The fraction of sp³-hybridized carbons (Fsp3) is 0.484. The van der Waals surface area contributed by atoms with Crippen molar-refractivity contribution < 1.29 is 0 Å². The Hall–Kier alpha value is -2.70. The number of nitriles is 1. The van der Waals surface area contributed by atoms with Crippen LogP contribution in [0, 0.1) is 24.2 Å². The van der Waals surface area contributed by atoms with Crippen LogP contribution in [0.4, 0.5) is 0 Å². The molecule has 3 heteroatoms. The molecule has 1 N–H and O–H groups in total. The summed E-state index contributed by atoms with van der Waals surface area (Å²) < 4.78 is 0. The number of hydrogen-bond donors (Lipinski definition) is 1. The van der Waals surface area contributed by atoms with E-state index in [2.05, 4.69) is 76.3 Å².